The highest BCUT2D eigenvalue weighted by molar-refractivity contribution is 5.66. The van der Waals surface area contributed by atoms with Crippen LogP contribution in [0.4, 0.5) is 0 Å². The topological polar surface area (TPSA) is 62.2 Å². The Morgan fingerprint density at radius 2 is 2.31 bits per heavy atom. The standard InChI is InChI=1S/C12H18N2O2/c1-9(6-7-12(15)16)13-8-11-5-3-4-10(2)14-11/h3-5,9,13H,6-8H2,1-2H3,(H,15,16). The molecule has 1 atom stereocenters. The van der Waals surface area contributed by atoms with Gasteiger partial charge in [-0.25, -0.2) is 0 Å². The summed E-state index contributed by atoms with van der Waals surface area (Å²) in [6.07, 6.45) is 0.844. The van der Waals surface area contributed by atoms with Gasteiger partial charge >= 0.3 is 5.97 Å². The van der Waals surface area contributed by atoms with Crippen LogP contribution in [0.1, 0.15) is 31.2 Å². The lowest BCUT2D eigenvalue weighted by molar-refractivity contribution is -0.137. The van der Waals surface area contributed by atoms with E-state index in [4.69, 9.17) is 5.11 Å². The predicted molar refractivity (Wildman–Crippen MR) is 62.1 cm³/mol. The van der Waals surface area contributed by atoms with E-state index in [-0.39, 0.29) is 12.5 Å². The first-order valence-corrected chi connectivity index (χ1v) is 5.45. The van der Waals surface area contributed by atoms with Crippen LogP contribution in [-0.2, 0) is 11.3 Å². The van der Waals surface area contributed by atoms with Crippen LogP contribution in [0.15, 0.2) is 18.2 Å². The molecule has 1 aromatic heterocycles. The molecule has 88 valence electrons. The van der Waals surface area contributed by atoms with Crippen LogP contribution >= 0.6 is 0 Å². The average Bonchev–Trinajstić information content (AvgIpc) is 2.23. The summed E-state index contributed by atoms with van der Waals surface area (Å²) in [6.45, 7) is 4.62. The lowest BCUT2D eigenvalue weighted by atomic mass is 10.2. The summed E-state index contributed by atoms with van der Waals surface area (Å²) < 4.78 is 0. The lowest BCUT2D eigenvalue weighted by Crippen LogP contribution is -2.26. The molecule has 1 aromatic rings. The molecule has 0 aromatic carbocycles. The molecule has 0 aliphatic carbocycles. The third kappa shape index (κ3) is 4.89. The molecular formula is C12H18N2O2. The quantitative estimate of drug-likeness (QED) is 0.769. The number of nitrogens with zero attached hydrogens (tertiary/aromatic N) is 1. The van der Waals surface area contributed by atoms with Gasteiger partial charge in [-0.05, 0) is 32.4 Å². The highest BCUT2D eigenvalue weighted by atomic mass is 16.4. The van der Waals surface area contributed by atoms with Crippen molar-refractivity contribution in [1.29, 1.82) is 0 Å². The van der Waals surface area contributed by atoms with E-state index in [9.17, 15) is 4.79 Å². The van der Waals surface area contributed by atoms with Gasteiger partial charge in [-0.2, -0.15) is 0 Å². The fraction of sp³-hybridized carbons (Fsp3) is 0.500. The lowest BCUT2D eigenvalue weighted by Gasteiger charge is -2.12. The van der Waals surface area contributed by atoms with Crippen molar-refractivity contribution in [3.05, 3.63) is 29.6 Å². The van der Waals surface area contributed by atoms with Crippen molar-refractivity contribution in [3.63, 3.8) is 0 Å². The number of carboxylic acids is 1. The number of pyridine rings is 1. The maximum atomic E-state index is 10.4. The Morgan fingerprint density at radius 1 is 1.56 bits per heavy atom. The molecule has 4 nitrogen and oxygen atoms in total. The van der Waals surface area contributed by atoms with Gasteiger partial charge in [0.05, 0.1) is 5.69 Å². The van der Waals surface area contributed by atoms with Crippen molar-refractivity contribution in [2.45, 2.75) is 39.3 Å². The van der Waals surface area contributed by atoms with E-state index in [2.05, 4.69) is 10.3 Å². The summed E-state index contributed by atoms with van der Waals surface area (Å²) in [5.41, 5.74) is 1.99. The first-order valence-electron chi connectivity index (χ1n) is 5.45. The van der Waals surface area contributed by atoms with Gasteiger partial charge in [0.2, 0.25) is 0 Å². The van der Waals surface area contributed by atoms with Crippen LogP contribution in [0.3, 0.4) is 0 Å². The summed E-state index contributed by atoms with van der Waals surface area (Å²) in [5, 5.41) is 11.8. The number of nitrogens with one attached hydrogen (secondary N) is 1. The fourth-order valence-electron chi connectivity index (χ4n) is 1.42. The van der Waals surface area contributed by atoms with Crippen LogP contribution < -0.4 is 5.32 Å². The molecule has 0 aliphatic rings. The SMILES string of the molecule is Cc1cccc(CNC(C)CCC(=O)O)n1. The van der Waals surface area contributed by atoms with Gasteiger partial charge in [0, 0.05) is 24.7 Å². The summed E-state index contributed by atoms with van der Waals surface area (Å²) in [7, 11) is 0. The summed E-state index contributed by atoms with van der Waals surface area (Å²) in [6, 6.07) is 6.08. The highest BCUT2D eigenvalue weighted by Crippen LogP contribution is 2.01. The van der Waals surface area contributed by atoms with Crippen LogP contribution in [-0.4, -0.2) is 22.1 Å². The van der Waals surface area contributed by atoms with Gasteiger partial charge in [-0.1, -0.05) is 6.07 Å². The number of aliphatic carboxylic acids is 1. The minimum absolute atomic E-state index is 0.193. The van der Waals surface area contributed by atoms with Gasteiger partial charge in [-0.3, -0.25) is 9.78 Å². The van der Waals surface area contributed by atoms with Crippen molar-refractivity contribution in [2.75, 3.05) is 0 Å². The Morgan fingerprint density at radius 3 is 2.94 bits per heavy atom. The molecule has 1 heterocycles. The minimum Gasteiger partial charge on any atom is -0.481 e. The number of aryl methyl sites for hydroxylation is 1. The van der Waals surface area contributed by atoms with E-state index >= 15 is 0 Å². The second-order valence-electron chi connectivity index (χ2n) is 3.98. The molecule has 4 heteroatoms. The molecule has 0 fully saturated rings. The van der Waals surface area contributed by atoms with E-state index in [0.29, 0.717) is 13.0 Å². The number of carbonyl (C=O) groups is 1. The van der Waals surface area contributed by atoms with Gasteiger partial charge in [0.15, 0.2) is 0 Å². The van der Waals surface area contributed by atoms with Crippen LogP contribution in [0.2, 0.25) is 0 Å². The Labute approximate surface area is 95.7 Å². The van der Waals surface area contributed by atoms with Crippen molar-refractivity contribution < 1.29 is 9.90 Å². The molecule has 16 heavy (non-hydrogen) atoms. The molecule has 0 spiro atoms. The van der Waals surface area contributed by atoms with Crippen molar-refractivity contribution in [2.24, 2.45) is 0 Å². The molecule has 0 radical (unpaired) electrons. The maximum absolute atomic E-state index is 10.4. The van der Waals surface area contributed by atoms with Crippen LogP contribution in [0.5, 0.6) is 0 Å². The minimum atomic E-state index is -0.748. The largest absolute Gasteiger partial charge is 0.481 e. The summed E-state index contributed by atoms with van der Waals surface area (Å²) in [4.78, 5) is 14.7. The third-order valence-electron chi connectivity index (χ3n) is 2.37. The zero-order valence-corrected chi connectivity index (χ0v) is 9.73. The zero-order valence-electron chi connectivity index (χ0n) is 9.73. The molecule has 0 aliphatic heterocycles. The molecular weight excluding hydrogens is 204 g/mol. The number of rotatable bonds is 6. The van der Waals surface area contributed by atoms with Crippen molar-refractivity contribution in [3.8, 4) is 0 Å². The number of aromatic nitrogens is 1. The van der Waals surface area contributed by atoms with Gasteiger partial charge in [0.1, 0.15) is 0 Å². The van der Waals surface area contributed by atoms with Gasteiger partial charge in [0.25, 0.3) is 0 Å². The number of carboxylic acid groups (broad SMARTS) is 1. The second-order valence-corrected chi connectivity index (χ2v) is 3.98. The molecule has 0 saturated heterocycles. The Bertz CT molecular complexity index is 353. The average molecular weight is 222 g/mol. The maximum Gasteiger partial charge on any atom is 0.303 e. The molecule has 1 rings (SSSR count). The van der Waals surface area contributed by atoms with Gasteiger partial charge in [-0.15, -0.1) is 0 Å². The zero-order chi connectivity index (χ0) is 12.0. The van der Waals surface area contributed by atoms with Crippen LogP contribution in [0, 0.1) is 6.92 Å². The smallest absolute Gasteiger partial charge is 0.303 e. The highest BCUT2D eigenvalue weighted by Gasteiger charge is 2.05. The first kappa shape index (κ1) is 12.6. The third-order valence-corrected chi connectivity index (χ3v) is 2.37. The molecule has 0 saturated carbocycles. The van der Waals surface area contributed by atoms with E-state index < -0.39 is 5.97 Å². The van der Waals surface area contributed by atoms with Crippen molar-refractivity contribution in [1.82, 2.24) is 10.3 Å². The molecule has 0 amide bonds. The molecule has 1 unspecified atom stereocenters. The molecule has 2 N–H and O–H groups in total. The van der Waals surface area contributed by atoms with E-state index in [0.717, 1.165) is 11.4 Å². The van der Waals surface area contributed by atoms with E-state index in [1.807, 2.05) is 32.0 Å². The number of hydrogen-bond donors (Lipinski definition) is 2. The second kappa shape index (κ2) is 6.23. The fourth-order valence-corrected chi connectivity index (χ4v) is 1.42. The van der Waals surface area contributed by atoms with E-state index in [1.165, 1.54) is 0 Å². The summed E-state index contributed by atoms with van der Waals surface area (Å²) >= 11 is 0. The Kier molecular flexibility index (Phi) is 4.92. The Hall–Kier alpha value is -1.42. The number of hydrogen-bond acceptors (Lipinski definition) is 3. The normalized spacial score (nSPS) is 12.4. The van der Waals surface area contributed by atoms with Crippen LogP contribution in [0.25, 0.3) is 0 Å². The van der Waals surface area contributed by atoms with E-state index in [1.54, 1.807) is 0 Å². The van der Waals surface area contributed by atoms with Gasteiger partial charge < -0.3 is 10.4 Å². The first-order chi connectivity index (χ1) is 7.58. The summed E-state index contributed by atoms with van der Waals surface area (Å²) in [5.74, 6) is -0.748. The predicted octanol–water partition coefficient (Wildman–Crippen LogP) is 1.73. The van der Waals surface area contributed by atoms with Crippen molar-refractivity contribution >= 4 is 5.97 Å². The Balaban J connectivity index is 2.31. The molecule has 0 bridgehead atoms. The monoisotopic (exact) mass is 222 g/mol.